The number of carbonyl (C=O) groups excluding carboxylic acids is 1. The van der Waals surface area contributed by atoms with Crippen LogP contribution in [0.5, 0.6) is 0 Å². The molecule has 1 fully saturated rings. The second kappa shape index (κ2) is 9.24. The average molecular weight is 456 g/mol. The van der Waals surface area contributed by atoms with Crippen LogP contribution in [0.2, 0.25) is 5.02 Å². The summed E-state index contributed by atoms with van der Waals surface area (Å²) in [6, 6.07) is 11.7. The molecule has 0 spiro atoms. The van der Waals surface area contributed by atoms with Crippen LogP contribution in [0.3, 0.4) is 0 Å². The maximum atomic E-state index is 12.8. The molecule has 31 heavy (non-hydrogen) atoms. The maximum absolute atomic E-state index is 12.8. The molecule has 1 saturated heterocycles. The summed E-state index contributed by atoms with van der Waals surface area (Å²) in [5, 5.41) is 5.79. The van der Waals surface area contributed by atoms with Crippen molar-refractivity contribution in [2.24, 2.45) is 5.10 Å². The third-order valence-electron chi connectivity index (χ3n) is 5.52. The Balaban J connectivity index is 1.51. The van der Waals surface area contributed by atoms with Crippen LogP contribution in [0.25, 0.3) is 10.2 Å². The number of piperazine rings is 1. The second-order valence-electron chi connectivity index (χ2n) is 7.72. The highest BCUT2D eigenvalue weighted by molar-refractivity contribution is 7.22. The third kappa shape index (κ3) is 4.67. The number of carbonyl (C=O) groups is 1. The number of anilines is 2. The molecule has 0 atom stereocenters. The lowest BCUT2D eigenvalue weighted by Crippen LogP contribution is -2.49. The van der Waals surface area contributed by atoms with Gasteiger partial charge in [-0.15, -0.1) is 0 Å². The van der Waals surface area contributed by atoms with E-state index in [1.54, 1.807) is 11.3 Å². The number of amides is 1. The Morgan fingerprint density at radius 1 is 1.16 bits per heavy atom. The summed E-state index contributed by atoms with van der Waals surface area (Å²) in [7, 11) is 0. The van der Waals surface area contributed by atoms with Gasteiger partial charge in [0.2, 0.25) is 5.13 Å². The van der Waals surface area contributed by atoms with Crippen LogP contribution in [0.1, 0.15) is 36.2 Å². The first-order chi connectivity index (χ1) is 15.0. The van der Waals surface area contributed by atoms with Crippen molar-refractivity contribution in [1.82, 2.24) is 9.88 Å². The molecule has 0 aliphatic carbocycles. The second-order valence-corrected chi connectivity index (χ2v) is 9.16. The fourth-order valence-corrected chi connectivity index (χ4v) is 4.62. The Bertz CT molecular complexity index is 1120. The van der Waals surface area contributed by atoms with Crippen LogP contribution < -0.4 is 10.3 Å². The van der Waals surface area contributed by atoms with Crippen LogP contribution in [-0.2, 0) is 0 Å². The predicted octanol–water partition coefficient (Wildman–Crippen LogP) is 5.42. The molecule has 4 rings (SSSR count). The van der Waals surface area contributed by atoms with Crippen LogP contribution >= 0.6 is 22.9 Å². The first-order valence-electron chi connectivity index (χ1n) is 10.5. The quantitative estimate of drug-likeness (QED) is 0.412. The van der Waals surface area contributed by atoms with Gasteiger partial charge in [-0.25, -0.2) is 4.98 Å². The molecule has 8 heteroatoms. The van der Waals surface area contributed by atoms with Crippen molar-refractivity contribution in [1.29, 1.82) is 0 Å². The standard InChI is InChI=1S/C23H26ClN5OS/c1-4-16(3)26-27-23-25-20-19(31-23)10-9-18(24)21(20)28-11-13-29(14-12-28)22(30)17-7-5-15(2)6-8-17/h5-10H,4,11-14H2,1-3H3,(H,25,27)/b26-16+. The number of hydrazone groups is 1. The van der Waals surface area contributed by atoms with Gasteiger partial charge in [0.25, 0.3) is 5.91 Å². The highest BCUT2D eigenvalue weighted by Gasteiger charge is 2.25. The zero-order valence-electron chi connectivity index (χ0n) is 18.0. The number of halogens is 1. The van der Waals surface area contributed by atoms with Crippen molar-refractivity contribution in [3.05, 3.63) is 52.5 Å². The Morgan fingerprint density at radius 3 is 2.55 bits per heavy atom. The number of aryl methyl sites for hydroxylation is 1. The van der Waals surface area contributed by atoms with E-state index in [4.69, 9.17) is 16.6 Å². The average Bonchev–Trinajstić information content (AvgIpc) is 3.20. The lowest BCUT2D eigenvalue weighted by molar-refractivity contribution is 0.0747. The topological polar surface area (TPSA) is 60.8 Å². The smallest absolute Gasteiger partial charge is 0.253 e. The van der Waals surface area contributed by atoms with Gasteiger partial charge in [-0.05, 0) is 44.5 Å². The predicted molar refractivity (Wildman–Crippen MR) is 131 cm³/mol. The molecule has 1 N–H and O–H groups in total. The highest BCUT2D eigenvalue weighted by atomic mass is 35.5. The van der Waals surface area contributed by atoms with Gasteiger partial charge in [-0.2, -0.15) is 5.10 Å². The molecule has 0 bridgehead atoms. The lowest BCUT2D eigenvalue weighted by atomic mass is 10.1. The molecule has 0 radical (unpaired) electrons. The summed E-state index contributed by atoms with van der Waals surface area (Å²) in [5.41, 5.74) is 7.77. The summed E-state index contributed by atoms with van der Waals surface area (Å²) in [6.07, 6.45) is 0.889. The van der Waals surface area contributed by atoms with Crippen molar-refractivity contribution in [3.8, 4) is 0 Å². The summed E-state index contributed by atoms with van der Waals surface area (Å²) < 4.78 is 1.06. The first kappa shape index (κ1) is 21.6. The van der Waals surface area contributed by atoms with Crippen LogP contribution in [0.15, 0.2) is 41.5 Å². The summed E-state index contributed by atoms with van der Waals surface area (Å²) in [4.78, 5) is 21.7. The van der Waals surface area contributed by atoms with E-state index in [9.17, 15) is 4.79 Å². The molecule has 3 aromatic rings. The number of nitrogens with zero attached hydrogens (tertiary/aromatic N) is 4. The van der Waals surface area contributed by atoms with Crippen molar-refractivity contribution >= 4 is 55.6 Å². The number of fused-ring (bicyclic) bond motifs is 1. The molecule has 2 heterocycles. The highest BCUT2D eigenvalue weighted by Crippen LogP contribution is 2.38. The minimum absolute atomic E-state index is 0.0771. The van der Waals surface area contributed by atoms with E-state index in [-0.39, 0.29) is 5.91 Å². The molecular weight excluding hydrogens is 430 g/mol. The Hall–Kier alpha value is -2.64. The molecule has 1 aromatic heterocycles. The van der Waals surface area contributed by atoms with Crippen LogP contribution in [0.4, 0.5) is 10.8 Å². The van der Waals surface area contributed by atoms with E-state index in [2.05, 4.69) is 22.4 Å². The largest absolute Gasteiger partial charge is 0.365 e. The number of benzene rings is 2. The summed E-state index contributed by atoms with van der Waals surface area (Å²) in [5.74, 6) is 0.0771. The number of aromatic nitrogens is 1. The molecule has 0 unspecified atom stereocenters. The number of rotatable bonds is 5. The van der Waals surface area contributed by atoms with E-state index in [0.717, 1.165) is 44.3 Å². The van der Waals surface area contributed by atoms with E-state index >= 15 is 0 Å². The van der Waals surface area contributed by atoms with Gasteiger partial charge in [-0.3, -0.25) is 10.2 Å². The lowest BCUT2D eigenvalue weighted by Gasteiger charge is -2.36. The van der Waals surface area contributed by atoms with Gasteiger partial charge in [-0.1, -0.05) is 47.6 Å². The minimum atomic E-state index is 0.0771. The summed E-state index contributed by atoms with van der Waals surface area (Å²) >= 11 is 8.16. The van der Waals surface area contributed by atoms with Gasteiger partial charge in [0.05, 0.1) is 15.4 Å². The zero-order valence-corrected chi connectivity index (χ0v) is 19.6. The molecule has 0 saturated carbocycles. The number of hydrogen-bond acceptors (Lipinski definition) is 6. The molecule has 6 nitrogen and oxygen atoms in total. The summed E-state index contributed by atoms with van der Waals surface area (Å²) in [6.45, 7) is 8.80. The van der Waals surface area contributed by atoms with E-state index in [1.807, 2.05) is 55.1 Å². The molecule has 2 aromatic carbocycles. The Labute approximate surface area is 191 Å². The van der Waals surface area contributed by atoms with Gasteiger partial charge >= 0.3 is 0 Å². The number of thiazole rings is 1. The van der Waals surface area contributed by atoms with Gasteiger partial charge in [0.15, 0.2) is 0 Å². The van der Waals surface area contributed by atoms with E-state index in [1.165, 1.54) is 0 Å². The van der Waals surface area contributed by atoms with E-state index < -0.39 is 0 Å². The third-order valence-corrected chi connectivity index (χ3v) is 6.75. The van der Waals surface area contributed by atoms with Gasteiger partial charge in [0.1, 0.15) is 5.52 Å². The zero-order chi connectivity index (χ0) is 22.0. The van der Waals surface area contributed by atoms with Crippen molar-refractivity contribution in [3.63, 3.8) is 0 Å². The number of nitrogens with one attached hydrogen (secondary N) is 1. The van der Waals surface area contributed by atoms with Crippen molar-refractivity contribution < 1.29 is 4.79 Å². The molecular formula is C23H26ClN5OS. The normalized spacial score (nSPS) is 14.9. The molecule has 1 aliphatic heterocycles. The molecule has 162 valence electrons. The fraction of sp³-hybridized carbons (Fsp3) is 0.348. The number of hydrogen-bond donors (Lipinski definition) is 1. The van der Waals surface area contributed by atoms with Crippen LogP contribution in [0, 0.1) is 6.92 Å². The molecule has 1 aliphatic rings. The minimum Gasteiger partial charge on any atom is -0.365 e. The van der Waals surface area contributed by atoms with E-state index in [0.29, 0.717) is 31.2 Å². The maximum Gasteiger partial charge on any atom is 0.253 e. The first-order valence-corrected chi connectivity index (χ1v) is 11.6. The fourth-order valence-electron chi connectivity index (χ4n) is 3.54. The van der Waals surface area contributed by atoms with Gasteiger partial charge in [0, 0.05) is 37.5 Å². The Kier molecular flexibility index (Phi) is 6.43. The molecule has 1 amide bonds. The van der Waals surface area contributed by atoms with Crippen LogP contribution in [-0.4, -0.2) is 47.7 Å². The van der Waals surface area contributed by atoms with Crippen molar-refractivity contribution in [2.75, 3.05) is 36.5 Å². The van der Waals surface area contributed by atoms with Gasteiger partial charge < -0.3 is 9.80 Å². The van der Waals surface area contributed by atoms with Crippen molar-refractivity contribution in [2.45, 2.75) is 27.2 Å². The SMILES string of the molecule is CC/C(C)=N/Nc1nc2c(N3CCN(C(=O)c4ccc(C)cc4)CC3)c(Cl)ccc2s1. The Morgan fingerprint density at radius 2 is 1.87 bits per heavy atom. The monoisotopic (exact) mass is 455 g/mol.